The van der Waals surface area contributed by atoms with Crippen molar-refractivity contribution in [1.29, 1.82) is 0 Å². The number of amidine groups is 1. The number of nitrogens with zero attached hydrogens (tertiary/aromatic N) is 2. The van der Waals surface area contributed by atoms with Crippen LogP contribution in [0.1, 0.15) is 0 Å². The number of carbonyl (C=O) groups excluding carboxylic acids is 1. The molecule has 0 saturated heterocycles. The third kappa shape index (κ3) is 3.26. The summed E-state index contributed by atoms with van der Waals surface area (Å²) in [4.78, 5) is 16.3. The van der Waals surface area contributed by atoms with Gasteiger partial charge in [-0.1, -0.05) is 0 Å². The number of rotatable bonds is 3. The van der Waals surface area contributed by atoms with Crippen LogP contribution < -0.4 is 4.74 Å². The van der Waals surface area contributed by atoms with Crippen LogP contribution in [0.5, 0.6) is 5.75 Å². The molecule has 0 amide bonds. The molecule has 4 heteroatoms. The van der Waals surface area contributed by atoms with Crippen LogP contribution in [0, 0.1) is 0 Å². The Bertz CT molecular complexity index is 415. The molecule has 0 atom stereocenters. The van der Waals surface area contributed by atoms with Crippen molar-refractivity contribution < 1.29 is 9.53 Å². The molecule has 0 saturated carbocycles. The van der Waals surface area contributed by atoms with Crippen molar-refractivity contribution in [3.05, 3.63) is 30.3 Å². The van der Waals surface area contributed by atoms with Crippen LogP contribution in [-0.2, 0) is 4.79 Å². The van der Waals surface area contributed by atoms with Gasteiger partial charge in [0.05, 0.1) is 18.9 Å². The summed E-state index contributed by atoms with van der Waals surface area (Å²) >= 11 is 0. The van der Waals surface area contributed by atoms with Crippen molar-refractivity contribution in [2.24, 2.45) is 4.99 Å². The summed E-state index contributed by atoms with van der Waals surface area (Å²) in [5.41, 5.74) is 0.760. The molecule has 4 nitrogen and oxygen atoms in total. The minimum Gasteiger partial charge on any atom is -0.497 e. The van der Waals surface area contributed by atoms with Crippen LogP contribution in [0.25, 0.3) is 0 Å². The second-order valence-corrected chi connectivity index (χ2v) is 3.32. The molecule has 0 unspecified atom stereocenters. The lowest BCUT2D eigenvalue weighted by Crippen LogP contribution is -2.19. The standard InChI is InChI=1S/C12H14N2O2/c1-14(2)12(8-9-15)13-10-4-6-11(16-3)7-5-10/h4-8H,1-3H3. The fourth-order valence-corrected chi connectivity index (χ4v) is 1.10. The van der Waals surface area contributed by atoms with Crippen LogP contribution in [0.2, 0.25) is 0 Å². The third-order valence-electron chi connectivity index (χ3n) is 1.96. The van der Waals surface area contributed by atoms with Crippen molar-refractivity contribution in [3.8, 4) is 5.75 Å². The lowest BCUT2D eigenvalue weighted by atomic mass is 10.3. The molecular formula is C12H14N2O2. The molecule has 84 valence electrons. The van der Waals surface area contributed by atoms with Crippen molar-refractivity contribution in [3.63, 3.8) is 0 Å². The summed E-state index contributed by atoms with van der Waals surface area (Å²) in [7, 11) is 5.24. The Morgan fingerprint density at radius 1 is 1.38 bits per heavy atom. The first-order valence-corrected chi connectivity index (χ1v) is 4.78. The molecule has 0 fully saturated rings. The predicted octanol–water partition coefficient (Wildman–Crippen LogP) is 1.67. The Hall–Kier alpha value is -2.06. The Kier molecular flexibility index (Phi) is 4.30. The first-order valence-electron chi connectivity index (χ1n) is 4.78. The van der Waals surface area contributed by atoms with Gasteiger partial charge in [-0.25, -0.2) is 9.79 Å². The molecule has 0 aliphatic heterocycles. The Labute approximate surface area is 94.9 Å². The summed E-state index contributed by atoms with van der Waals surface area (Å²) in [5.74, 6) is 3.05. The molecule has 0 heterocycles. The van der Waals surface area contributed by atoms with Gasteiger partial charge in [-0.15, -0.1) is 0 Å². The van der Waals surface area contributed by atoms with Crippen molar-refractivity contribution >= 4 is 17.5 Å². The summed E-state index contributed by atoms with van der Waals surface area (Å²) in [5, 5.41) is 0. The zero-order chi connectivity index (χ0) is 12.0. The topological polar surface area (TPSA) is 41.9 Å². The number of benzene rings is 1. The van der Waals surface area contributed by atoms with E-state index >= 15 is 0 Å². The van der Waals surface area contributed by atoms with E-state index < -0.39 is 0 Å². The van der Waals surface area contributed by atoms with Gasteiger partial charge in [0, 0.05) is 14.1 Å². The zero-order valence-corrected chi connectivity index (χ0v) is 9.60. The minimum atomic E-state index is 0.556. The molecule has 0 spiro atoms. The number of ether oxygens (including phenoxy) is 1. The quantitative estimate of drug-likeness (QED) is 0.440. The third-order valence-corrected chi connectivity index (χ3v) is 1.96. The van der Waals surface area contributed by atoms with Crippen molar-refractivity contribution in [2.45, 2.75) is 0 Å². The number of likely N-dealkylation sites (N-methyl/N-ethyl adjacent to an activating group) is 1. The van der Waals surface area contributed by atoms with Crippen molar-refractivity contribution in [2.75, 3.05) is 21.2 Å². The summed E-state index contributed by atoms with van der Waals surface area (Å²) in [6.07, 6.45) is 1.30. The highest BCUT2D eigenvalue weighted by Crippen LogP contribution is 2.18. The fraction of sp³-hybridized carbons (Fsp3) is 0.250. The second-order valence-electron chi connectivity index (χ2n) is 3.32. The molecule has 0 aromatic heterocycles. The highest BCUT2D eigenvalue weighted by molar-refractivity contribution is 5.99. The van der Waals surface area contributed by atoms with E-state index in [1.165, 1.54) is 6.08 Å². The van der Waals surface area contributed by atoms with Gasteiger partial charge in [0.2, 0.25) is 0 Å². The summed E-state index contributed by atoms with van der Waals surface area (Å²) in [6, 6.07) is 7.27. The molecule has 1 aromatic carbocycles. The molecule has 0 aliphatic carbocycles. The molecule has 0 radical (unpaired) electrons. The predicted molar refractivity (Wildman–Crippen MR) is 64.0 cm³/mol. The lowest BCUT2D eigenvalue weighted by Gasteiger charge is -2.10. The molecule has 0 bridgehead atoms. The first kappa shape index (κ1) is 12.0. The average Bonchev–Trinajstić information content (AvgIpc) is 2.29. The second kappa shape index (κ2) is 5.73. The van der Waals surface area contributed by atoms with Crippen LogP contribution >= 0.6 is 0 Å². The van der Waals surface area contributed by atoms with E-state index in [1.807, 2.05) is 38.4 Å². The van der Waals surface area contributed by atoms with E-state index in [4.69, 9.17) is 4.74 Å². The molecule has 1 aromatic rings. The Morgan fingerprint density at radius 2 is 2.00 bits per heavy atom. The average molecular weight is 218 g/mol. The smallest absolute Gasteiger partial charge is 0.139 e. The lowest BCUT2D eigenvalue weighted by molar-refractivity contribution is 0.415. The number of hydrogen-bond acceptors (Lipinski definition) is 3. The van der Waals surface area contributed by atoms with E-state index in [-0.39, 0.29) is 0 Å². The van der Waals surface area contributed by atoms with E-state index in [0.29, 0.717) is 5.84 Å². The van der Waals surface area contributed by atoms with E-state index in [9.17, 15) is 4.79 Å². The molecular weight excluding hydrogens is 204 g/mol. The SMILES string of the molecule is COc1ccc(N=C(C=C=O)N(C)C)cc1. The number of aliphatic imine (C=N–C) groups is 1. The molecule has 0 aliphatic rings. The highest BCUT2D eigenvalue weighted by Gasteiger charge is 1.98. The van der Waals surface area contributed by atoms with E-state index in [1.54, 1.807) is 18.0 Å². The first-order chi connectivity index (χ1) is 7.67. The van der Waals surface area contributed by atoms with Gasteiger partial charge >= 0.3 is 0 Å². The largest absolute Gasteiger partial charge is 0.497 e. The Balaban J connectivity index is 2.98. The molecule has 1 rings (SSSR count). The monoisotopic (exact) mass is 218 g/mol. The van der Waals surface area contributed by atoms with Gasteiger partial charge in [0.25, 0.3) is 0 Å². The van der Waals surface area contributed by atoms with Gasteiger partial charge in [-0.2, -0.15) is 0 Å². The van der Waals surface area contributed by atoms with Gasteiger partial charge in [-0.3, -0.25) is 0 Å². The highest BCUT2D eigenvalue weighted by atomic mass is 16.5. The van der Waals surface area contributed by atoms with Crippen LogP contribution in [-0.4, -0.2) is 37.9 Å². The van der Waals surface area contributed by atoms with Gasteiger partial charge in [0.15, 0.2) is 0 Å². The zero-order valence-electron chi connectivity index (χ0n) is 9.60. The maximum atomic E-state index is 10.3. The summed E-state index contributed by atoms with van der Waals surface area (Å²) in [6.45, 7) is 0. The van der Waals surface area contributed by atoms with Gasteiger partial charge in [-0.05, 0) is 24.3 Å². The maximum absolute atomic E-state index is 10.3. The normalized spacial score (nSPS) is 10.6. The minimum absolute atomic E-state index is 0.556. The maximum Gasteiger partial charge on any atom is 0.139 e. The number of methoxy groups -OCH3 is 1. The van der Waals surface area contributed by atoms with E-state index in [2.05, 4.69) is 4.99 Å². The Morgan fingerprint density at radius 3 is 2.44 bits per heavy atom. The van der Waals surface area contributed by atoms with E-state index in [0.717, 1.165) is 11.4 Å². The number of hydrogen-bond donors (Lipinski definition) is 0. The molecule has 16 heavy (non-hydrogen) atoms. The van der Waals surface area contributed by atoms with Crippen LogP contribution in [0.3, 0.4) is 0 Å². The fourth-order valence-electron chi connectivity index (χ4n) is 1.10. The molecule has 0 N–H and O–H groups in total. The van der Waals surface area contributed by atoms with Crippen LogP contribution in [0.15, 0.2) is 35.3 Å². The van der Waals surface area contributed by atoms with Gasteiger partial charge in [0.1, 0.15) is 17.5 Å². The van der Waals surface area contributed by atoms with Gasteiger partial charge < -0.3 is 9.64 Å². The summed E-state index contributed by atoms with van der Waals surface area (Å²) < 4.78 is 5.04. The van der Waals surface area contributed by atoms with Crippen molar-refractivity contribution in [1.82, 2.24) is 4.90 Å². The van der Waals surface area contributed by atoms with Crippen LogP contribution in [0.4, 0.5) is 5.69 Å².